The van der Waals surface area contributed by atoms with Gasteiger partial charge in [-0.15, -0.1) is 5.10 Å². The van der Waals surface area contributed by atoms with Gasteiger partial charge >= 0.3 is 6.09 Å². The molecule has 1 amide bonds. The van der Waals surface area contributed by atoms with Crippen molar-refractivity contribution in [1.29, 1.82) is 0 Å². The van der Waals surface area contributed by atoms with Crippen molar-refractivity contribution in [3.05, 3.63) is 6.20 Å². The number of carbonyl (C=O) groups excluding carboxylic acids is 1. The molecule has 66 valence electrons. The zero-order valence-corrected chi connectivity index (χ0v) is 6.87. The number of hydrogen-bond acceptors (Lipinski definition) is 4. The van der Waals surface area contributed by atoms with Crippen molar-refractivity contribution >= 4 is 6.09 Å². The molecule has 6 nitrogen and oxygen atoms in total. The highest BCUT2D eigenvalue weighted by Crippen LogP contribution is 1.99. The van der Waals surface area contributed by atoms with Crippen molar-refractivity contribution in [3.63, 3.8) is 0 Å². The van der Waals surface area contributed by atoms with Crippen LogP contribution in [0.1, 0.15) is 13.8 Å². The summed E-state index contributed by atoms with van der Waals surface area (Å²) < 4.78 is 4.71. The summed E-state index contributed by atoms with van der Waals surface area (Å²) in [4.78, 5) is 10.9. The summed E-state index contributed by atoms with van der Waals surface area (Å²) in [7, 11) is 0. The highest BCUT2D eigenvalue weighted by atomic mass is 16.6. The Kier molecular flexibility index (Phi) is 2.62. The van der Waals surface area contributed by atoms with Gasteiger partial charge in [0.25, 0.3) is 5.88 Å². The lowest BCUT2D eigenvalue weighted by Crippen LogP contribution is -2.32. The number of aromatic amines is 1. The first-order chi connectivity index (χ1) is 5.68. The number of hydrogen-bond donors (Lipinski definition) is 2. The number of ether oxygens (including phenoxy) is 1. The van der Waals surface area contributed by atoms with Crippen molar-refractivity contribution in [2.75, 3.05) is 0 Å². The Morgan fingerprint density at radius 1 is 1.75 bits per heavy atom. The molecule has 2 N–H and O–H groups in total. The largest absolute Gasteiger partial charge is 0.414 e. The maximum Gasteiger partial charge on any atom is 0.414 e. The van der Waals surface area contributed by atoms with Crippen LogP contribution in [0, 0.1) is 0 Å². The third-order valence-corrected chi connectivity index (χ3v) is 0.997. The number of aromatic nitrogens is 3. The molecule has 1 heterocycles. The van der Waals surface area contributed by atoms with Crippen molar-refractivity contribution in [2.24, 2.45) is 0 Å². The average molecular weight is 170 g/mol. The van der Waals surface area contributed by atoms with Crippen LogP contribution in [0.5, 0.6) is 5.88 Å². The van der Waals surface area contributed by atoms with E-state index in [2.05, 4.69) is 20.7 Å². The van der Waals surface area contributed by atoms with Crippen LogP contribution in [0.3, 0.4) is 0 Å². The Bertz CT molecular complexity index is 244. The van der Waals surface area contributed by atoms with E-state index >= 15 is 0 Å². The highest BCUT2D eigenvalue weighted by Gasteiger charge is 2.06. The number of nitrogens with one attached hydrogen (secondary N) is 2. The molecule has 12 heavy (non-hydrogen) atoms. The van der Waals surface area contributed by atoms with E-state index in [4.69, 9.17) is 4.74 Å². The van der Waals surface area contributed by atoms with Crippen molar-refractivity contribution in [2.45, 2.75) is 19.9 Å². The van der Waals surface area contributed by atoms with Crippen LogP contribution < -0.4 is 10.1 Å². The smallest absolute Gasteiger partial charge is 0.388 e. The molecule has 0 spiro atoms. The first-order valence-electron chi connectivity index (χ1n) is 3.52. The van der Waals surface area contributed by atoms with Crippen molar-refractivity contribution < 1.29 is 9.53 Å². The lowest BCUT2D eigenvalue weighted by molar-refractivity contribution is 0.196. The van der Waals surface area contributed by atoms with Crippen LogP contribution in [-0.4, -0.2) is 27.5 Å². The predicted molar refractivity (Wildman–Crippen MR) is 40.7 cm³/mol. The van der Waals surface area contributed by atoms with E-state index in [1.54, 1.807) is 0 Å². The Hall–Kier alpha value is -1.59. The monoisotopic (exact) mass is 170 g/mol. The molecule has 0 fully saturated rings. The maximum absolute atomic E-state index is 10.9. The summed E-state index contributed by atoms with van der Waals surface area (Å²) in [6.07, 6.45) is 0.791. The average Bonchev–Trinajstić information content (AvgIpc) is 2.37. The number of H-pyrrole nitrogens is 1. The third kappa shape index (κ3) is 2.57. The molecule has 0 saturated heterocycles. The van der Waals surface area contributed by atoms with E-state index in [1.807, 2.05) is 13.8 Å². The first-order valence-corrected chi connectivity index (χ1v) is 3.52. The van der Waals surface area contributed by atoms with E-state index in [0.717, 1.165) is 0 Å². The Labute approximate surface area is 69.3 Å². The molecule has 0 unspecified atom stereocenters. The van der Waals surface area contributed by atoms with Crippen LogP contribution in [0.2, 0.25) is 0 Å². The minimum atomic E-state index is -0.529. The van der Waals surface area contributed by atoms with Gasteiger partial charge in [-0.2, -0.15) is 10.3 Å². The second kappa shape index (κ2) is 3.70. The van der Waals surface area contributed by atoms with Crippen molar-refractivity contribution in [1.82, 2.24) is 20.7 Å². The third-order valence-electron chi connectivity index (χ3n) is 0.997. The number of amides is 1. The molecule has 0 aliphatic carbocycles. The summed E-state index contributed by atoms with van der Waals surface area (Å²) >= 11 is 0. The predicted octanol–water partition coefficient (Wildman–Crippen LogP) is 0.301. The standard InChI is InChI=1S/C6H10N4O2/c1-4(2)8-6(11)12-5-3-7-10-9-5/h3-4H,1-2H3,(H,8,11)(H,7,9,10). The number of nitrogens with zero attached hydrogens (tertiary/aromatic N) is 2. The van der Waals surface area contributed by atoms with Gasteiger partial charge in [-0.05, 0) is 13.8 Å². The van der Waals surface area contributed by atoms with E-state index in [1.165, 1.54) is 6.20 Å². The van der Waals surface area contributed by atoms with E-state index in [9.17, 15) is 4.79 Å². The molecule has 6 heteroatoms. The molecule has 0 aliphatic rings. The molecular formula is C6H10N4O2. The molecule has 0 aliphatic heterocycles. The van der Waals surface area contributed by atoms with Gasteiger partial charge < -0.3 is 10.1 Å². The number of rotatable bonds is 2. The van der Waals surface area contributed by atoms with Crippen LogP contribution in [0.25, 0.3) is 0 Å². The zero-order chi connectivity index (χ0) is 8.97. The van der Waals surface area contributed by atoms with Gasteiger partial charge in [0.05, 0.1) is 0 Å². The van der Waals surface area contributed by atoms with Crippen molar-refractivity contribution in [3.8, 4) is 5.88 Å². The summed E-state index contributed by atoms with van der Waals surface area (Å²) in [5, 5.41) is 11.9. The summed E-state index contributed by atoms with van der Waals surface area (Å²) in [6, 6.07) is 0.0457. The molecule has 1 aromatic heterocycles. The highest BCUT2D eigenvalue weighted by molar-refractivity contribution is 5.69. The van der Waals surface area contributed by atoms with E-state index in [-0.39, 0.29) is 11.9 Å². The van der Waals surface area contributed by atoms with Gasteiger partial charge in [-0.25, -0.2) is 4.79 Å². The van der Waals surface area contributed by atoms with Crippen LogP contribution in [-0.2, 0) is 0 Å². The normalized spacial score (nSPS) is 9.92. The summed E-state index contributed by atoms with van der Waals surface area (Å²) in [6.45, 7) is 3.67. The fourth-order valence-electron chi connectivity index (χ4n) is 0.600. The Balaban J connectivity index is 2.37. The first kappa shape index (κ1) is 8.51. The van der Waals surface area contributed by atoms with Gasteiger partial charge in [-0.1, -0.05) is 0 Å². The van der Waals surface area contributed by atoms with Gasteiger partial charge in [-0.3, -0.25) is 0 Å². The molecule has 0 saturated carbocycles. The Morgan fingerprint density at radius 3 is 3.00 bits per heavy atom. The summed E-state index contributed by atoms with van der Waals surface area (Å²) in [5.74, 6) is 0.160. The second-order valence-corrected chi connectivity index (χ2v) is 2.50. The molecular weight excluding hydrogens is 160 g/mol. The van der Waals surface area contributed by atoms with Gasteiger partial charge in [0.2, 0.25) is 0 Å². The van der Waals surface area contributed by atoms with E-state index in [0.29, 0.717) is 0 Å². The fourth-order valence-corrected chi connectivity index (χ4v) is 0.600. The molecule has 0 aromatic carbocycles. The molecule has 0 bridgehead atoms. The molecule has 0 radical (unpaired) electrons. The number of carbonyl (C=O) groups is 1. The summed E-state index contributed by atoms with van der Waals surface area (Å²) in [5.41, 5.74) is 0. The quantitative estimate of drug-likeness (QED) is 0.669. The molecule has 0 atom stereocenters. The van der Waals surface area contributed by atoms with Crippen LogP contribution in [0.4, 0.5) is 4.79 Å². The van der Waals surface area contributed by atoms with Crippen LogP contribution >= 0.6 is 0 Å². The SMILES string of the molecule is CC(C)NC(=O)Oc1cn[nH]n1. The van der Waals surface area contributed by atoms with Crippen LogP contribution in [0.15, 0.2) is 6.20 Å². The topological polar surface area (TPSA) is 79.9 Å². The minimum absolute atomic E-state index is 0.0457. The molecule has 1 aromatic rings. The van der Waals surface area contributed by atoms with Gasteiger partial charge in [0.1, 0.15) is 6.20 Å². The minimum Gasteiger partial charge on any atom is -0.388 e. The van der Waals surface area contributed by atoms with Gasteiger partial charge in [0, 0.05) is 6.04 Å². The maximum atomic E-state index is 10.9. The van der Waals surface area contributed by atoms with Gasteiger partial charge in [0.15, 0.2) is 0 Å². The molecule has 1 rings (SSSR count). The fraction of sp³-hybridized carbons (Fsp3) is 0.500. The Morgan fingerprint density at radius 2 is 2.50 bits per heavy atom. The van der Waals surface area contributed by atoms with E-state index < -0.39 is 6.09 Å². The lowest BCUT2D eigenvalue weighted by Gasteiger charge is -2.05. The zero-order valence-electron chi connectivity index (χ0n) is 6.87. The lowest BCUT2D eigenvalue weighted by atomic mass is 10.4. The second-order valence-electron chi connectivity index (χ2n) is 2.50.